The van der Waals surface area contributed by atoms with E-state index >= 15 is 0 Å². The van der Waals surface area contributed by atoms with Gasteiger partial charge in [-0.1, -0.05) is 0 Å². The van der Waals surface area contributed by atoms with Crippen molar-refractivity contribution in [3.63, 3.8) is 0 Å². The molecule has 0 radical (unpaired) electrons. The fourth-order valence-electron chi connectivity index (χ4n) is 2.93. The van der Waals surface area contributed by atoms with Crippen LogP contribution in [0, 0.1) is 5.92 Å². The number of nitrogens with zero attached hydrogens (tertiary/aromatic N) is 3. The Hall–Kier alpha value is -2.21. The molecule has 3 N–H and O–H groups in total. The number of nitrogens with two attached hydrogens (primary N) is 1. The van der Waals surface area contributed by atoms with Gasteiger partial charge in [-0.05, 0) is 43.9 Å². The van der Waals surface area contributed by atoms with E-state index in [2.05, 4.69) is 9.97 Å². The van der Waals surface area contributed by atoms with Crippen LogP contribution in [0.4, 0.5) is 0 Å². The molecule has 2 aromatic heterocycles. The fourth-order valence-corrected chi connectivity index (χ4v) is 2.93. The van der Waals surface area contributed by atoms with Gasteiger partial charge in [0.1, 0.15) is 5.41 Å². The number of carboxylic acid groups (broad SMARTS) is 1. The van der Waals surface area contributed by atoms with E-state index in [1.165, 1.54) is 0 Å². The van der Waals surface area contributed by atoms with Gasteiger partial charge in [0.05, 0.1) is 23.9 Å². The Morgan fingerprint density at radius 1 is 1.57 bits per heavy atom. The molecule has 1 aliphatic carbocycles. The second-order valence-corrected chi connectivity index (χ2v) is 5.49. The molecule has 1 fully saturated rings. The van der Waals surface area contributed by atoms with Gasteiger partial charge in [0, 0.05) is 12.4 Å². The summed E-state index contributed by atoms with van der Waals surface area (Å²) in [6.07, 6.45) is 9.20. The summed E-state index contributed by atoms with van der Waals surface area (Å²) in [7, 11) is 0. The van der Waals surface area contributed by atoms with Gasteiger partial charge in [0.15, 0.2) is 0 Å². The molecular weight excluding hydrogens is 268 g/mol. The zero-order valence-electron chi connectivity index (χ0n) is 11.6. The van der Waals surface area contributed by atoms with Crippen molar-refractivity contribution in [1.29, 1.82) is 0 Å². The van der Waals surface area contributed by atoms with E-state index in [1.807, 2.05) is 16.7 Å². The minimum Gasteiger partial charge on any atom is -0.481 e. The van der Waals surface area contributed by atoms with Crippen molar-refractivity contribution in [3.8, 4) is 5.69 Å². The van der Waals surface area contributed by atoms with Crippen molar-refractivity contribution in [2.24, 2.45) is 11.7 Å². The summed E-state index contributed by atoms with van der Waals surface area (Å²) in [5.74, 6) is -0.656. The fraction of sp³-hybridized carbons (Fsp3) is 0.400. The number of hydrogen-bond acceptors (Lipinski definition) is 4. The number of aliphatic carboxylic acids is 1. The van der Waals surface area contributed by atoms with Gasteiger partial charge in [0.2, 0.25) is 0 Å². The zero-order chi connectivity index (χ0) is 14.9. The average Bonchev–Trinajstić information content (AvgIpc) is 3.03. The minimum atomic E-state index is -0.831. The van der Waals surface area contributed by atoms with Crippen molar-refractivity contribution in [2.45, 2.75) is 24.7 Å². The lowest BCUT2D eigenvalue weighted by molar-refractivity contribution is -0.140. The molecule has 0 amide bonds. The maximum atomic E-state index is 11.7. The molecule has 2 heterocycles. The van der Waals surface area contributed by atoms with E-state index in [1.54, 1.807) is 24.9 Å². The normalized spacial score (nSPS) is 24.0. The Bertz CT molecular complexity index is 640. The van der Waals surface area contributed by atoms with Gasteiger partial charge in [-0.25, -0.2) is 4.98 Å². The minimum absolute atomic E-state index is 0.135. The number of aromatic nitrogens is 3. The Morgan fingerprint density at radius 3 is 3.10 bits per heavy atom. The van der Waals surface area contributed by atoms with Crippen molar-refractivity contribution < 1.29 is 9.90 Å². The predicted octanol–water partition coefficient (Wildman–Crippen LogP) is 1.35. The van der Waals surface area contributed by atoms with Crippen LogP contribution in [-0.4, -0.2) is 32.2 Å². The topological polar surface area (TPSA) is 94.0 Å². The molecule has 1 aliphatic rings. The molecule has 3 rings (SSSR count). The molecule has 0 unspecified atom stereocenters. The van der Waals surface area contributed by atoms with E-state index in [0.29, 0.717) is 18.7 Å². The largest absolute Gasteiger partial charge is 0.481 e. The molecule has 2 atom stereocenters. The summed E-state index contributed by atoms with van der Waals surface area (Å²) in [5, 5.41) is 9.61. The van der Waals surface area contributed by atoms with Crippen molar-refractivity contribution >= 4 is 5.97 Å². The summed E-state index contributed by atoms with van der Waals surface area (Å²) >= 11 is 0. The van der Waals surface area contributed by atoms with Crippen LogP contribution in [0.5, 0.6) is 0 Å². The standard InChI is InChI=1S/C15H18N4O2/c16-5-1-3-11-7-15(11,14(20)21)13-9-19(10-18-13)12-4-2-6-17-8-12/h2,4,6,8-11H,1,3,5,7,16H2,(H,20,21)/t11-,15+/m1/s1. The van der Waals surface area contributed by atoms with Crippen molar-refractivity contribution in [1.82, 2.24) is 14.5 Å². The number of carboxylic acids is 1. The third kappa shape index (κ3) is 2.31. The van der Waals surface area contributed by atoms with Crippen molar-refractivity contribution in [3.05, 3.63) is 42.7 Å². The van der Waals surface area contributed by atoms with Crippen molar-refractivity contribution in [2.75, 3.05) is 6.54 Å². The lowest BCUT2D eigenvalue weighted by Gasteiger charge is -2.09. The monoisotopic (exact) mass is 286 g/mol. The molecule has 21 heavy (non-hydrogen) atoms. The molecule has 1 saturated carbocycles. The maximum Gasteiger partial charge on any atom is 0.316 e. The van der Waals surface area contributed by atoms with Gasteiger partial charge in [-0.3, -0.25) is 9.78 Å². The zero-order valence-corrected chi connectivity index (χ0v) is 11.6. The third-order valence-corrected chi connectivity index (χ3v) is 4.23. The van der Waals surface area contributed by atoms with E-state index in [4.69, 9.17) is 5.73 Å². The van der Waals surface area contributed by atoms with E-state index in [9.17, 15) is 9.90 Å². The van der Waals surface area contributed by atoms with E-state index in [-0.39, 0.29) is 5.92 Å². The van der Waals surface area contributed by atoms with Crippen LogP contribution in [-0.2, 0) is 10.2 Å². The van der Waals surface area contributed by atoms with Gasteiger partial charge >= 0.3 is 5.97 Å². The Balaban J connectivity index is 1.86. The quantitative estimate of drug-likeness (QED) is 0.836. The van der Waals surface area contributed by atoms with Crippen LogP contribution in [0.3, 0.4) is 0 Å². The van der Waals surface area contributed by atoms with Crippen LogP contribution in [0.2, 0.25) is 0 Å². The highest BCUT2D eigenvalue weighted by Gasteiger charge is 2.62. The first-order chi connectivity index (χ1) is 10.2. The van der Waals surface area contributed by atoms with Gasteiger partial charge in [-0.15, -0.1) is 0 Å². The second-order valence-electron chi connectivity index (χ2n) is 5.49. The van der Waals surface area contributed by atoms with Gasteiger partial charge in [0.25, 0.3) is 0 Å². The first-order valence-corrected chi connectivity index (χ1v) is 7.07. The molecule has 0 saturated heterocycles. The lowest BCUT2D eigenvalue weighted by atomic mass is 9.98. The highest BCUT2D eigenvalue weighted by atomic mass is 16.4. The van der Waals surface area contributed by atoms with Crippen LogP contribution in [0.25, 0.3) is 5.69 Å². The third-order valence-electron chi connectivity index (χ3n) is 4.23. The van der Waals surface area contributed by atoms with Gasteiger partial charge in [-0.2, -0.15) is 0 Å². The van der Waals surface area contributed by atoms with E-state index in [0.717, 1.165) is 18.5 Å². The molecule has 2 aromatic rings. The number of imidazole rings is 1. The number of hydrogen-bond donors (Lipinski definition) is 2. The van der Waals surface area contributed by atoms with Gasteiger partial charge < -0.3 is 15.4 Å². The number of rotatable bonds is 6. The molecule has 6 heteroatoms. The first-order valence-electron chi connectivity index (χ1n) is 7.07. The van der Waals surface area contributed by atoms with Crippen LogP contribution in [0.1, 0.15) is 25.0 Å². The summed E-state index contributed by atoms with van der Waals surface area (Å²) in [6.45, 7) is 0.594. The second kappa shape index (κ2) is 5.29. The highest BCUT2D eigenvalue weighted by Crippen LogP contribution is 2.56. The lowest BCUT2D eigenvalue weighted by Crippen LogP contribution is -2.23. The average molecular weight is 286 g/mol. The Labute approximate surface area is 122 Å². The maximum absolute atomic E-state index is 11.7. The Morgan fingerprint density at radius 2 is 2.43 bits per heavy atom. The van der Waals surface area contributed by atoms with Crippen LogP contribution >= 0.6 is 0 Å². The molecular formula is C15H18N4O2. The summed E-state index contributed by atoms with van der Waals surface area (Å²) in [4.78, 5) is 20.1. The predicted molar refractivity (Wildman–Crippen MR) is 77.1 cm³/mol. The molecule has 110 valence electrons. The number of pyridine rings is 1. The highest BCUT2D eigenvalue weighted by molar-refractivity contribution is 5.85. The van der Waals surface area contributed by atoms with Crippen LogP contribution < -0.4 is 5.73 Å². The molecule has 0 aromatic carbocycles. The smallest absolute Gasteiger partial charge is 0.316 e. The first kappa shape index (κ1) is 13.8. The SMILES string of the molecule is NCCC[C@@H]1C[C@@]1(C(=O)O)c1cn(-c2cccnc2)cn1. The molecule has 0 aliphatic heterocycles. The molecule has 0 spiro atoms. The summed E-state index contributed by atoms with van der Waals surface area (Å²) in [5.41, 5.74) is 6.18. The number of carbonyl (C=O) groups is 1. The molecule has 6 nitrogen and oxygen atoms in total. The summed E-state index contributed by atoms with van der Waals surface area (Å²) < 4.78 is 1.81. The van der Waals surface area contributed by atoms with E-state index < -0.39 is 11.4 Å². The summed E-state index contributed by atoms with van der Waals surface area (Å²) in [6, 6.07) is 3.74. The molecule has 0 bridgehead atoms. The van der Waals surface area contributed by atoms with Crippen LogP contribution in [0.15, 0.2) is 37.1 Å². The Kier molecular flexibility index (Phi) is 3.47.